The zero-order valence-corrected chi connectivity index (χ0v) is 12.9. The predicted octanol–water partition coefficient (Wildman–Crippen LogP) is 3.51. The first kappa shape index (κ1) is 13.0. The van der Waals surface area contributed by atoms with E-state index in [1.807, 2.05) is 35.7 Å². The lowest BCUT2D eigenvalue weighted by molar-refractivity contribution is 0.853. The molecule has 0 saturated heterocycles. The van der Waals surface area contributed by atoms with Crippen molar-refractivity contribution in [2.45, 2.75) is 35.9 Å². The largest absolute Gasteiger partial charge is 0.277 e. The Morgan fingerprint density at radius 2 is 2.10 bits per heavy atom. The molecule has 0 spiro atoms. The van der Waals surface area contributed by atoms with Crippen molar-refractivity contribution in [2.75, 3.05) is 0 Å². The van der Waals surface area contributed by atoms with Gasteiger partial charge in [0.1, 0.15) is 16.0 Å². The van der Waals surface area contributed by atoms with E-state index < -0.39 is 0 Å². The van der Waals surface area contributed by atoms with Gasteiger partial charge in [-0.25, -0.2) is 9.97 Å². The van der Waals surface area contributed by atoms with E-state index in [2.05, 4.69) is 20.2 Å². The monoisotopic (exact) mass is 317 g/mol. The van der Waals surface area contributed by atoms with Gasteiger partial charge in [0.25, 0.3) is 0 Å². The van der Waals surface area contributed by atoms with E-state index in [1.54, 1.807) is 0 Å². The second kappa shape index (κ2) is 4.96. The molecule has 0 aliphatic heterocycles. The van der Waals surface area contributed by atoms with E-state index in [-0.39, 0.29) is 0 Å². The van der Waals surface area contributed by atoms with Crippen LogP contribution in [-0.2, 0) is 0 Å². The highest BCUT2D eigenvalue weighted by Gasteiger charge is 2.28. The van der Waals surface area contributed by atoms with Crippen LogP contribution in [0.4, 0.5) is 0 Å². The fourth-order valence-electron chi connectivity index (χ4n) is 2.08. The van der Waals surface area contributed by atoms with Crippen LogP contribution >= 0.6 is 23.4 Å². The fourth-order valence-corrected chi connectivity index (χ4v) is 3.21. The molecule has 3 heterocycles. The number of aromatic nitrogens is 5. The molecule has 0 aromatic carbocycles. The minimum Gasteiger partial charge on any atom is -0.277 e. The maximum Gasteiger partial charge on any atom is 0.201 e. The van der Waals surface area contributed by atoms with Crippen molar-refractivity contribution < 1.29 is 0 Å². The van der Waals surface area contributed by atoms with Crippen LogP contribution in [0.3, 0.4) is 0 Å². The van der Waals surface area contributed by atoms with Gasteiger partial charge in [-0.2, -0.15) is 0 Å². The summed E-state index contributed by atoms with van der Waals surface area (Å²) >= 11 is 7.72. The van der Waals surface area contributed by atoms with Crippen LogP contribution in [0.2, 0.25) is 5.15 Å². The van der Waals surface area contributed by atoms with Gasteiger partial charge in [-0.3, -0.25) is 4.40 Å². The third kappa shape index (κ3) is 2.38. The quantitative estimate of drug-likeness (QED) is 0.692. The van der Waals surface area contributed by atoms with Gasteiger partial charge in [-0.15, -0.1) is 10.2 Å². The lowest BCUT2D eigenvalue weighted by atomic mass is 10.3. The number of hydrogen-bond donors (Lipinski definition) is 0. The molecule has 0 bridgehead atoms. The number of hydrogen-bond acceptors (Lipinski definition) is 5. The average molecular weight is 318 g/mol. The van der Waals surface area contributed by atoms with Gasteiger partial charge < -0.3 is 0 Å². The van der Waals surface area contributed by atoms with Crippen LogP contribution in [0.5, 0.6) is 0 Å². The second-order valence-corrected chi connectivity index (χ2v) is 6.40. The van der Waals surface area contributed by atoms with Crippen molar-refractivity contribution in [3.8, 4) is 0 Å². The van der Waals surface area contributed by atoms with Crippen LogP contribution in [-0.4, -0.2) is 24.6 Å². The number of halogens is 1. The molecule has 7 heteroatoms. The summed E-state index contributed by atoms with van der Waals surface area (Å²) < 4.78 is 1.94. The fraction of sp³-hybridized carbons (Fsp3) is 0.286. The van der Waals surface area contributed by atoms with E-state index >= 15 is 0 Å². The van der Waals surface area contributed by atoms with Crippen molar-refractivity contribution in [1.82, 2.24) is 24.6 Å². The van der Waals surface area contributed by atoms with Crippen molar-refractivity contribution in [3.05, 3.63) is 40.9 Å². The molecule has 106 valence electrons. The minimum absolute atomic E-state index is 0.470. The van der Waals surface area contributed by atoms with Crippen molar-refractivity contribution in [3.63, 3.8) is 0 Å². The van der Waals surface area contributed by atoms with E-state index in [0.29, 0.717) is 11.1 Å². The Bertz CT molecular complexity index is 827. The average Bonchev–Trinajstić information content (AvgIpc) is 3.26. The highest BCUT2D eigenvalue weighted by molar-refractivity contribution is 7.99. The van der Waals surface area contributed by atoms with Crippen LogP contribution in [0, 0.1) is 6.92 Å². The first-order valence-electron chi connectivity index (χ1n) is 6.74. The van der Waals surface area contributed by atoms with Gasteiger partial charge in [0, 0.05) is 17.7 Å². The second-order valence-electron chi connectivity index (χ2n) is 5.09. The SMILES string of the molecule is Cc1c(Cl)nc(C2CC2)nc1Sc1nnc2ccccn12. The molecule has 0 amide bonds. The van der Waals surface area contributed by atoms with E-state index in [9.17, 15) is 0 Å². The Balaban J connectivity index is 1.76. The van der Waals surface area contributed by atoms with Gasteiger partial charge in [0.05, 0.1) is 0 Å². The summed E-state index contributed by atoms with van der Waals surface area (Å²) in [5, 5.41) is 10.5. The topological polar surface area (TPSA) is 56.0 Å². The predicted molar refractivity (Wildman–Crippen MR) is 80.9 cm³/mol. The normalized spacial score (nSPS) is 14.8. The van der Waals surface area contributed by atoms with E-state index in [4.69, 9.17) is 11.6 Å². The smallest absolute Gasteiger partial charge is 0.201 e. The lowest BCUT2D eigenvalue weighted by Crippen LogP contribution is -1.99. The Morgan fingerprint density at radius 1 is 1.24 bits per heavy atom. The third-order valence-corrected chi connectivity index (χ3v) is 4.89. The minimum atomic E-state index is 0.470. The molecule has 3 aromatic rings. The molecule has 1 fully saturated rings. The molecule has 1 saturated carbocycles. The van der Waals surface area contributed by atoms with Crippen molar-refractivity contribution >= 4 is 29.0 Å². The molecule has 0 N–H and O–H groups in total. The summed E-state index contributed by atoms with van der Waals surface area (Å²) in [6.07, 6.45) is 4.24. The highest BCUT2D eigenvalue weighted by Crippen LogP contribution is 2.40. The summed E-state index contributed by atoms with van der Waals surface area (Å²) in [4.78, 5) is 9.05. The van der Waals surface area contributed by atoms with Crippen molar-refractivity contribution in [1.29, 1.82) is 0 Å². The Labute approximate surface area is 130 Å². The Hall–Kier alpha value is -1.66. The summed E-state index contributed by atoms with van der Waals surface area (Å²) in [7, 11) is 0. The van der Waals surface area contributed by atoms with Gasteiger partial charge in [-0.1, -0.05) is 17.7 Å². The van der Waals surface area contributed by atoms with Gasteiger partial charge in [0.15, 0.2) is 5.65 Å². The summed E-state index contributed by atoms with van der Waals surface area (Å²) in [6.45, 7) is 1.94. The van der Waals surface area contributed by atoms with Crippen LogP contribution < -0.4 is 0 Å². The van der Waals surface area contributed by atoms with Crippen LogP contribution in [0.1, 0.15) is 30.1 Å². The molecule has 3 aromatic heterocycles. The molecule has 4 rings (SSSR count). The Morgan fingerprint density at radius 3 is 2.90 bits per heavy atom. The zero-order valence-electron chi connectivity index (χ0n) is 11.3. The maximum absolute atomic E-state index is 6.24. The molecule has 1 aliphatic rings. The van der Waals surface area contributed by atoms with Crippen LogP contribution in [0.25, 0.3) is 5.65 Å². The summed E-state index contributed by atoms with van der Waals surface area (Å²) in [5.74, 6) is 1.32. The number of rotatable bonds is 3. The molecule has 5 nitrogen and oxygen atoms in total. The van der Waals surface area contributed by atoms with Gasteiger partial charge in [-0.05, 0) is 43.7 Å². The number of fused-ring (bicyclic) bond motifs is 1. The van der Waals surface area contributed by atoms with Gasteiger partial charge in [0.2, 0.25) is 5.16 Å². The third-order valence-electron chi connectivity index (χ3n) is 3.47. The van der Waals surface area contributed by atoms with E-state index in [1.165, 1.54) is 11.8 Å². The first-order valence-corrected chi connectivity index (χ1v) is 7.93. The number of pyridine rings is 1. The molecule has 1 aliphatic carbocycles. The zero-order chi connectivity index (χ0) is 14.4. The Kier molecular flexibility index (Phi) is 3.08. The van der Waals surface area contributed by atoms with E-state index in [0.717, 1.165) is 40.1 Å². The molecule has 21 heavy (non-hydrogen) atoms. The number of nitrogens with zero attached hydrogens (tertiary/aromatic N) is 5. The maximum atomic E-state index is 6.24. The standard InChI is InChI=1S/C14H12ClN5S/c1-8-11(15)16-12(9-5-6-9)17-13(8)21-14-19-18-10-4-2-3-7-20(10)14/h2-4,7,9H,5-6H2,1H3. The molecular formula is C14H12ClN5S. The first-order chi connectivity index (χ1) is 10.2. The lowest BCUT2D eigenvalue weighted by Gasteiger charge is -2.07. The summed E-state index contributed by atoms with van der Waals surface area (Å²) in [6, 6.07) is 5.82. The molecule has 0 radical (unpaired) electrons. The van der Waals surface area contributed by atoms with Crippen molar-refractivity contribution in [2.24, 2.45) is 0 Å². The highest BCUT2D eigenvalue weighted by atomic mass is 35.5. The van der Waals surface area contributed by atoms with Gasteiger partial charge >= 0.3 is 0 Å². The van der Waals surface area contributed by atoms with Crippen LogP contribution in [0.15, 0.2) is 34.6 Å². The molecule has 0 unspecified atom stereocenters. The molecule has 0 atom stereocenters. The summed E-state index contributed by atoms with van der Waals surface area (Å²) in [5.41, 5.74) is 1.71. The molecular weight excluding hydrogens is 306 g/mol.